The van der Waals surface area contributed by atoms with E-state index in [0.717, 1.165) is 29.2 Å². The standard InChI is InChI=1S/C15H21N5S/c1-4-12(16)7-14-10(2)18-20(11(14)3)9-13-8-19-5-6-21-15(19)17-13/h5-6,8,12H,4,7,9,16H2,1-3H3. The predicted molar refractivity (Wildman–Crippen MR) is 85.8 cm³/mol. The zero-order chi connectivity index (χ0) is 15.0. The van der Waals surface area contributed by atoms with Crippen LogP contribution in [0.1, 0.15) is 36.0 Å². The van der Waals surface area contributed by atoms with Crippen LogP contribution in [0.3, 0.4) is 0 Å². The number of fused-ring (bicyclic) bond motifs is 1. The number of rotatable bonds is 5. The number of hydrogen-bond acceptors (Lipinski definition) is 4. The van der Waals surface area contributed by atoms with E-state index in [9.17, 15) is 0 Å². The van der Waals surface area contributed by atoms with Crippen molar-refractivity contribution < 1.29 is 0 Å². The van der Waals surface area contributed by atoms with Crippen molar-refractivity contribution in [2.45, 2.75) is 46.2 Å². The Morgan fingerprint density at radius 2 is 2.19 bits per heavy atom. The van der Waals surface area contributed by atoms with E-state index in [1.165, 1.54) is 11.3 Å². The predicted octanol–water partition coefficient (Wildman–Crippen LogP) is 2.54. The average Bonchev–Trinajstić information content (AvgIpc) is 3.09. The fourth-order valence-corrected chi connectivity index (χ4v) is 3.31. The highest BCUT2D eigenvalue weighted by Gasteiger charge is 2.15. The van der Waals surface area contributed by atoms with Crippen molar-refractivity contribution in [3.05, 3.63) is 40.4 Å². The third kappa shape index (κ3) is 2.73. The first-order chi connectivity index (χ1) is 10.1. The van der Waals surface area contributed by atoms with E-state index < -0.39 is 0 Å². The summed E-state index contributed by atoms with van der Waals surface area (Å²) in [5.41, 5.74) is 10.7. The molecular formula is C15H21N5S. The Bertz CT molecular complexity index is 723. The molecule has 5 nitrogen and oxygen atoms in total. The molecule has 0 saturated heterocycles. The van der Waals surface area contributed by atoms with Gasteiger partial charge in [-0.25, -0.2) is 4.98 Å². The molecule has 3 heterocycles. The molecule has 3 aromatic rings. The number of aryl methyl sites for hydroxylation is 1. The molecule has 1 atom stereocenters. The lowest BCUT2D eigenvalue weighted by Crippen LogP contribution is -2.22. The molecular weight excluding hydrogens is 282 g/mol. The molecule has 0 aromatic carbocycles. The van der Waals surface area contributed by atoms with Crippen molar-refractivity contribution in [3.8, 4) is 0 Å². The Kier molecular flexibility index (Phi) is 3.82. The van der Waals surface area contributed by atoms with Gasteiger partial charge in [-0.15, -0.1) is 11.3 Å². The molecule has 2 N–H and O–H groups in total. The Balaban J connectivity index is 1.85. The van der Waals surface area contributed by atoms with E-state index in [4.69, 9.17) is 5.73 Å². The Labute approximate surface area is 128 Å². The molecule has 0 bridgehead atoms. The van der Waals surface area contributed by atoms with Crippen LogP contribution in [0, 0.1) is 13.8 Å². The van der Waals surface area contributed by atoms with Gasteiger partial charge in [0.05, 0.1) is 17.9 Å². The van der Waals surface area contributed by atoms with Gasteiger partial charge in [0.1, 0.15) is 0 Å². The van der Waals surface area contributed by atoms with Crippen LogP contribution in [-0.2, 0) is 13.0 Å². The van der Waals surface area contributed by atoms with Gasteiger partial charge in [0, 0.05) is 29.5 Å². The average molecular weight is 303 g/mol. The van der Waals surface area contributed by atoms with Crippen molar-refractivity contribution >= 4 is 16.3 Å². The summed E-state index contributed by atoms with van der Waals surface area (Å²) in [6.45, 7) is 7.02. The van der Waals surface area contributed by atoms with Gasteiger partial charge in [-0.1, -0.05) is 6.92 Å². The number of nitrogens with zero attached hydrogens (tertiary/aromatic N) is 4. The van der Waals surface area contributed by atoms with Crippen molar-refractivity contribution in [2.75, 3.05) is 0 Å². The Morgan fingerprint density at radius 3 is 2.90 bits per heavy atom. The SMILES string of the molecule is CCC(N)Cc1c(C)nn(Cc2cn3ccsc3n2)c1C. The van der Waals surface area contributed by atoms with Gasteiger partial charge in [-0.05, 0) is 32.3 Å². The summed E-state index contributed by atoms with van der Waals surface area (Å²) in [5.74, 6) is 0. The van der Waals surface area contributed by atoms with E-state index >= 15 is 0 Å². The number of thiazole rings is 1. The molecule has 0 aliphatic heterocycles. The van der Waals surface area contributed by atoms with Gasteiger partial charge in [-0.3, -0.25) is 9.08 Å². The molecule has 6 heteroatoms. The van der Waals surface area contributed by atoms with E-state index in [2.05, 4.69) is 41.5 Å². The molecule has 0 aliphatic carbocycles. The van der Waals surface area contributed by atoms with Crippen LogP contribution in [0.2, 0.25) is 0 Å². The maximum absolute atomic E-state index is 6.09. The number of hydrogen-bond donors (Lipinski definition) is 1. The van der Waals surface area contributed by atoms with Crippen LogP contribution in [-0.4, -0.2) is 25.2 Å². The molecule has 0 radical (unpaired) electrons. The molecule has 0 fully saturated rings. The minimum atomic E-state index is 0.206. The Hall–Kier alpha value is -1.66. The van der Waals surface area contributed by atoms with Crippen LogP contribution in [0.4, 0.5) is 0 Å². The number of nitrogens with two attached hydrogens (primary N) is 1. The number of imidazole rings is 1. The summed E-state index contributed by atoms with van der Waals surface area (Å²) < 4.78 is 4.10. The third-order valence-corrected chi connectivity index (χ3v) is 4.75. The fourth-order valence-electron chi connectivity index (χ4n) is 2.60. The quantitative estimate of drug-likeness (QED) is 0.788. The van der Waals surface area contributed by atoms with Gasteiger partial charge >= 0.3 is 0 Å². The normalized spacial score (nSPS) is 13.1. The molecule has 0 spiro atoms. The molecule has 3 aromatic heterocycles. The van der Waals surface area contributed by atoms with Crippen LogP contribution >= 0.6 is 11.3 Å². The molecule has 21 heavy (non-hydrogen) atoms. The first kappa shape index (κ1) is 14.3. The van der Waals surface area contributed by atoms with Crippen molar-refractivity contribution in [1.82, 2.24) is 19.2 Å². The van der Waals surface area contributed by atoms with Crippen LogP contribution in [0.5, 0.6) is 0 Å². The largest absolute Gasteiger partial charge is 0.327 e. The highest BCUT2D eigenvalue weighted by Crippen LogP contribution is 2.18. The molecule has 3 rings (SSSR count). The smallest absolute Gasteiger partial charge is 0.193 e. The van der Waals surface area contributed by atoms with E-state index in [0.29, 0.717) is 6.54 Å². The van der Waals surface area contributed by atoms with E-state index in [1.54, 1.807) is 11.3 Å². The highest BCUT2D eigenvalue weighted by molar-refractivity contribution is 7.15. The van der Waals surface area contributed by atoms with E-state index in [-0.39, 0.29) is 6.04 Å². The summed E-state index contributed by atoms with van der Waals surface area (Å²) in [7, 11) is 0. The summed E-state index contributed by atoms with van der Waals surface area (Å²) in [6, 6.07) is 0.206. The lowest BCUT2D eigenvalue weighted by Gasteiger charge is -2.09. The van der Waals surface area contributed by atoms with Crippen LogP contribution in [0.15, 0.2) is 17.8 Å². The second-order valence-electron chi connectivity index (χ2n) is 5.50. The maximum Gasteiger partial charge on any atom is 0.193 e. The first-order valence-electron chi connectivity index (χ1n) is 7.28. The lowest BCUT2D eigenvalue weighted by atomic mass is 10.0. The number of aromatic nitrogens is 4. The summed E-state index contributed by atoms with van der Waals surface area (Å²) in [6.07, 6.45) is 5.98. The summed E-state index contributed by atoms with van der Waals surface area (Å²) >= 11 is 1.65. The highest BCUT2D eigenvalue weighted by atomic mass is 32.1. The lowest BCUT2D eigenvalue weighted by molar-refractivity contribution is 0.633. The monoisotopic (exact) mass is 303 g/mol. The van der Waals surface area contributed by atoms with Gasteiger partial charge in [0.25, 0.3) is 0 Å². The van der Waals surface area contributed by atoms with Gasteiger partial charge in [0.15, 0.2) is 4.96 Å². The maximum atomic E-state index is 6.09. The van der Waals surface area contributed by atoms with Gasteiger partial charge in [-0.2, -0.15) is 5.10 Å². The minimum Gasteiger partial charge on any atom is -0.327 e. The zero-order valence-corrected chi connectivity index (χ0v) is 13.5. The first-order valence-corrected chi connectivity index (χ1v) is 8.16. The molecule has 1 unspecified atom stereocenters. The molecule has 0 aliphatic rings. The van der Waals surface area contributed by atoms with Gasteiger partial charge in [0.2, 0.25) is 0 Å². The van der Waals surface area contributed by atoms with Crippen molar-refractivity contribution in [1.29, 1.82) is 0 Å². The fraction of sp³-hybridized carbons (Fsp3) is 0.467. The van der Waals surface area contributed by atoms with E-state index in [1.807, 2.05) is 16.3 Å². The third-order valence-electron chi connectivity index (χ3n) is 3.98. The molecule has 0 saturated carbocycles. The Morgan fingerprint density at radius 1 is 1.38 bits per heavy atom. The van der Waals surface area contributed by atoms with Crippen molar-refractivity contribution in [2.24, 2.45) is 5.73 Å². The summed E-state index contributed by atoms with van der Waals surface area (Å²) in [4.78, 5) is 5.65. The molecule has 0 amide bonds. The second-order valence-corrected chi connectivity index (χ2v) is 6.38. The van der Waals surface area contributed by atoms with Crippen molar-refractivity contribution in [3.63, 3.8) is 0 Å². The summed E-state index contributed by atoms with van der Waals surface area (Å²) in [5, 5.41) is 6.70. The molecule has 112 valence electrons. The van der Waals surface area contributed by atoms with Gasteiger partial charge < -0.3 is 5.73 Å². The van der Waals surface area contributed by atoms with Crippen LogP contribution < -0.4 is 5.73 Å². The van der Waals surface area contributed by atoms with Crippen LogP contribution in [0.25, 0.3) is 4.96 Å². The minimum absolute atomic E-state index is 0.206. The second kappa shape index (κ2) is 5.61. The zero-order valence-electron chi connectivity index (χ0n) is 12.7. The topological polar surface area (TPSA) is 61.1 Å².